The summed E-state index contributed by atoms with van der Waals surface area (Å²) in [5.41, 5.74) is -0.960. The summed E-state index contributed by atoms with van der Waals surface area (Å²) in [5, 5.41) is 0. The number of rotatable bonds is 2. The number of hydrogen-bond acceptors (Lipinski definition) is 1. The van der Waals surface area contributed by atoms with Crippen LogP contribution in [0.15, 0.2) is 18.2 Å². The number of ether oxygens (including phenoxy) is 1. The Labute approximate surface area is 121 Å². The first-order chi connectivity index (χ1) is 5.95. The predicted molar refractivity (Wildman–Crippen MR) is 41.7 cm³/mol. The van der Waals surface area contributed by atoms with E-state index in [4.69, 9.17) is 0 Å². The average Bonchev–Trinajstić information content (AvgIpc) is 2.02. The molecule has 0 saturated heterocycles. The SMILES string of the molecule is COc1ccc([B-](F)(F)F)cc1F.[K+]. The Morgan fingerprint density at radius 2 is 1.79 bits per heavy atom. The van der Waals surface area contributed by atoms with Gasteiger partial charge in [-0.15, -0.1) is 5.46 Å². The summed E-state index contributed by atoms with van der Waals surface area (Å²) in [5.74, 6) is -1.19. The Bertz CT molecular complexity index is 315. The van der Waals surface area contributed by atoms with Crippen LogP contribution in [-0.4, -0.2) is 14.1 Å². The number of benzene rings is 1. The van der Waals surface area contributed by atoms with Crippen LogP contribution in [0.1, 0.15) is 0 Å². The van der Waals surface area contributed by atoms with Gasteiger partial charge in [0.1, 0.15) is 0 Å². The second-order valence-corrected chi connectivity index (χ2v) is 2.47. The van der Waals surface area contributed by atoms with Crippen molar-refractivity contribution in [3.05, 3.63) is 24.0 Å². The number of hydrogen-bond donors (Lipinski definition) is 0. The van der Waals surface area contributed by atoms with Gasteiger partial charge in [0.25, 0.3) is 0 Å². The van der Waals surface area contributed by atoms with Crippen LogP contribution in [0, 0.1) is 5.82 Å². The van der Waals surface area contributed by atoms with Gasteiger partial charge in [-0.3, -0.25) is 0 Å². The number of halogens is 4. The molecule has 1 aromatic rings. The first-order valence-electron chi connectivity index (χ1n) is 3.48. The van der Waals surface area contributed by atoms with Crippen molar-refractivity contribution in [3.8, 4) is 5.75 Å². The smallest absolute Gasteiger partial charge is 0.494 e. The molecule has 0 spiro atoms. The number of methoxy groups -OCH3 is 1. The minimum atomic E-state index is -5.14. The molecule has 72 valence electrons. The van der Waals surface area contributed by atoms with E-state index < -0.39 is 18.3 Å². The maximum absolute atomic E-state index is 12.8. The van der Waals surface area contributed by atoms with Crippen LogP contribution in [0.4, 0.5) is 17.3 Å². The third kappa shape index (κ3) is 3.54. The average molecular weight is 232 g/mol. The van der Waals surface area contributed by atoms with Crippen molar-refractivity contribution in [3.63, 3.8) is 0 Å². The van der Waals surface area contributed by atoms with Gasteiger partial charge in [0, 0.05) is 0 Å². The molecule has 0 atom stereocenters. The fourth-order valence-electron chi connectivity index (χ4n) is 0.886. The minimum Gasteiger partial charge on any atom is -0.494 e. The Balaban J connectivity index is 0.00000169. The van der Waals surface area contributed by atoms with Crippen molar-refractivity contribution in [1.82, 2.24) is 0 Å². The molecule has 0 radical (unpaired) electrons. The van der Waals surface area contributed by atoms with Gasteiger partial charge in [0.2, 0.25) is 0 Å². The molecule has 0 fully saturated rings. The topological polar surface area (TPSA) is 9.23 Å². The van der Waals surface area contributed by atoms with Crippen molar-refractivity contribution in [2.24, 2.45) is 0 Å². The van der Waals surface area contributed by atoms with E-state index in [0.29, 0.717) is 6.07 Å². The van der Waals surface area contributed by atoms with Crippen LogP contribution in [0.3, 0.4) is 0 Å². The molecule has 0 amide bonds. The molecule has 0 unspecified atom stereocenters. The summed E-state index contributed by atoms with van der Waals surface area (Å²) in [6.45, 7) is -5.14. The van der Waals surface area contributed by atoms with E-state index in [1.807, 2.05) is 0 Å². The molecule has 0 aliphatic rings. The molecule has 1 rings (SSSR count). The third-order valence-corrected chi connectivity index (χ3v) is 1.55. The zero-order chi connectivity index (χ0) is 10.1. The van der Waals surface area contributed by atoms with E-state index in [2.05, 4.69) is 4.74 Å². The van der Waals surface area contributed by atoms with E-state index in [-0.39, 0.29) is 57.1 Å². The van der Waals surface area contributed by atoms with E-state index in [1.54, 1.807) is 0 Å². The zero-order valence-electron chi connectivity index (χ0n) is 7.73. The largest absolute Gasteiger partial charge is 1.00 e. The van der Waals surface area contributed by atoms with E-state index in [0.717, 1.165) is 12.1 Å². The van der Waals surface area contributed by atoms with Crippen LogP contribution >= 0.6 is 0 Å². The van der Waals surface area contributed by atoms with Crippen molar-refractivity contribution >= 4 is 12.4 Å². The maximum atomic E-state index is 12.8. The molecular weight excluding hydrogens is 226 g/mol. The fourth-order valence-corrected chi connectivity index (χ4v) is 0.886. The molecule has 14 heavy (non-hydrogen) atoms. The van der Waals surface area contributed by atoms with Gasteiger partial charge in [-0.1, -0.05) is 6.07 Å². The predicted octanol–water partition coefficient (Wildman–Crippen LogP) is -1.11. The van der Waals surface area contributed by atoms with Crippen LogP contribution < -0.4 is 61.6 Å². The first kappa shape index (κ1) is 14.4. The van der Waals surface area contributed by atoms with Gasteiger partial charge in [0.15, 0.2) is 11.6 Å². The molecule has 0 heterocycles. The fraction of sp³-hybridized carbons (Fsp3) is 0.143. The molecule has 0 aromatic heterocycles. The summed E-state index contributed by atoms with van der Waals surface area (Å²) in [6, 6.07) is 2.18. The van der Waals surface area contributed by atoms with Crippen LogP contribution in [0.2, 0.25) is 0 Å². The molecule has 0 aliphatic carbocycles. The first-order valence-corrected chi connectivity index (χ1v) is 3.48. The normalized spacial score (nSPS) is 10.6. The summed E-state index contributed by atoms with van der Waals surface area (Å²) >= 11 is 0. The summed E-state index contributed by atoms with van der Waals surface area (Å²) in [7, 11) is 1.19. The minimum absolute atomic E-state index is 0. The monoisotopic (exact) mass is 232 g/mol. The molecule has 0 saturated carbocycles. The second-order valence-electron chi connectivity index (χ2n) is 2.47. The third-order valence-electron chi connectivity index (χ3n) is 1.55. The quantitative estimate of drug-likeness (QED) is 0.464. The summed E-state index contributed by atoms with van der Waals surface area (Å²) < 4.78 is 53.4. The Hall–Kier alpha value is 0.441. The van der Waals surface area contributed by atoms with Crippen molar-refractivity contribution in [2.45, 2.75) is 0 Å². The Morgan fingerprint density at radius 3 is 2.14 bits per heavy atom. The van der Waals surface area contributed by atoms with Gasteiger partial charge < -0.3 is 17.7 Å². The van der Waals surface area contributed by atoms with Gasteiger partial charge >= 0.3 is 58.4 Å². The van der Waals surface area contributed by atoms with Gasteiger partial charge in [-0.05, 0) is 12.1 Å². The molecule has 7 heteroatoms. The summed E-state index contributed by atoms with van der Waals surface area (Å²) in [4.78, 5) is 0. The van der Waals surface area contributed by atoms with Crippen LogP contribution in [0.5, 0.6) is 5.75 Å². The van der Waals surface area contributed by atoms with Crippen molar-refractivity contribution < 1.29 is 73.5 Å². The van der Waals surface area contributed by atoms with Crippen LogP contribution in [0.25, 0.3) is 0 Å². The molecular formula is C7H6BF4KO. The molecule has 0 bridgehead atoms. The van der Waals surface area contributed by atoms with E-state index in [9.17, 15) is 17.3 Å². The van der Waals surface area contributed by atoms with E-state index in [1.165, 1.54) is 7.11 Å². The van der Waals surface area contributed by atoms with Gasteiger partial charge in [-0.25, -0.2) is 4.39 Å². The van der Waals surface area contributed by atoms with Gasteiger partial charge in [-0.2, -0.15) is 0 Å². The standard InChI is InChI=1S/C7H6BF4O.K/c1-13-7-3-2-5(4-6(7)9)8(10,11)12;/h2-4H,1H3;/q-1;+1. The molecule has 0 aliphatic heterocycles. The maximum Gasteiger partial charge on any atom is 1.00 e. The Morgan fingerprint density at radius 1 is 1.21 bits per heavy atom. The van der Waals surface area contributed by atoms with Gasteiger partial charge in [0.05, 0.1) is 7.11 Å². The van der Waals surface area contributed by atoms with E-state index >= 15 is 0 Å². The summed E-state index contributed by atoms with van der Waals surface area (Å²) in [6.07, 6.45) is 0. The van der Waals surface area contributed by atoms with Crippen molar-refractivity contribution in [2.75, 3.05) is 7.11 Å². The Kier molecular flexibility index (Phi) is 5.68. The van der Waals surface area contributed by atoms with Crippen molar-refractivity contribution in [1.29, 1.82) is 0 Å². The molecule has 0 N–H and O–H groups in total. The second kappa shape index (κ2) is 5.50. The molecule has 1 aromatic carbocycles. The zero-order valence-corrected chi connectivity index (χ0v) is 10.9. The molecule has 1 nitrogen and oxygen atoms in total. The van der Waals surface area contributed by atoms with Crippen LogP contribution in [-0.2, 0) is 0 Å².